The van der Waals surface area contributed by atoms with Crippen LogP contribution in [0.5, 0.6) is 5.75 Å². The maximum absolute atomic E-state index is 6.38. The second-order valence-electron chi connectivity index (χ2n) is 6.68. The molecular formula is C22H16BrClN2O. The lowest BCUT2D eigenvalue weighted by Gasteiger charge is -2.38. The number of hydrogen-bond donors (Lipinski definition) is 0. The lowest BCUT2D eigenvalue weighted by atomic mass is 9.96. The summed E-state index contributed by atoms with van der Waals surface area (Å²) in [4.78, 5) is 0. The van der Waals surface area contributed by atoms with Crippen LogP contribution in [0.2, 0.25) is 5.02 Å². The van der Waals surface area contributed by atoms with Crippen molar-refractivity contribution in [3.63, 3.8) is 0 Å². The predicted molar refractivity (Wildman–Crippen MR) is 111 cm³/mol. The Hall–Kier alpha value is -2.30. The van der Waals surface area contributed by atoms with E-state index in [4.69, 9.17) is 21.4 Å². The van der Waals surface area contributed by atoms with E-state index in [9.17, 15) is 0 Å². The first-order valence-corrected chi connectivity index (χ1v) is 9.99. The van der Waals surface area contributed by atoms with Gasteiger partial charge in [0.1, 0.15) is 5.75 Å². The van der Waals surface area contributed by atoms with E-state index in [0.717, 1.165) is 38.5 Å². The van der Waals surface area contributed by atoms with Crippen LogP contribution in [-0.2, 0) is 0 Å². The first-order valence-electron chi connectivity index (χ1n) is 8.82. The molecule has 0 radical (unpaired) electrons. The number of ether oxygens (including phenoxy) is 1. The molecule has 0 N–H and O–H groups in total. The summed E-state index contributed by atoms with van der Waals surface area (Å²) in [6.07, 6.45) is 0.563. The molecule has 0 saturated carbocycles. The third-order valence-electron chi connectivity index (χ3n) is 5.05. The van der Waals surface area contributed by atoms with E-state index in [2.05, 4.69) is 39.1 Å². The molecule has 5 rings (SSSR count). The standard InChI is InChI=1S/C22H16BrClN2O/c23-18-7-3-1-5-16(18)22-26-20(17-6-2-4-8-21(17)27-22)13-19(25-26)14-9-11-15(24)12-10-14/h1-12,20,22H,13H2/t20-,22+/m1/s1. The van der Waals surface area contributed by atoms with Gasteiger partial charge in [0.15, 0.2) is 0 Å². The maximum atomic E-state index is 6.38. The Kier molecular flexibility index (Phi) is 4.18. The summed E-state index contributed by atoms with van der Waals surface area (Å²) in [5.74, 6) is 0.923. The Bertz CT molecular complexity index is 1030. The van der Waals surface area contributed by atoms with E-state index in [-0.39, 0.29) is 12.3 Å². The van der Waals surface area contributed by atoms with Crippen molar-refractivity contribution in [2.75, 3.05) is 0 Å². The minimum Gasteiger partial charge on any atom is -0.464 e. The van der Waals surface area contributed by atoms with Crippen molar-refractivity contribution in [2.45, 2.75) is 18.7 Å². The van der Waals surface area contributed by atoms with Gasteiger partial charge >= 0.3 is 0 Å². The Morgan fingerprint density at radius 2 is 1.63 bits per heavy atom. The molecule has 0 aromatic heterocycles. The van der Waals surface area contributed by atoms with Crippen LogP contribution < -0.4 is 4.74 Å². The van der Waals surface area contributed by atoms with Gasteiger partial charge in [0.2, 0.25) is 6.23 Å². The number of nitrogens with zero attached hydrogens (tertiary/aromatic N) is 2. The van der Waals surface area contributed by atoms with E-state index < -0.39 is 0 Å². The molecule has 2 aliphatic heterocycles. The highest BCUT2D eigenvalue weighted by Gasteiger charge is 2.41. The molecule has 0 spiro atoms. The van der Waals surface area contributed by atoms with Crippen molar-refractivity contribution in [1.29, 1.82) is 0 Å². The third kappa shape index (κ3) is 2.93. The highest BCUT2D eigenvalue weighted by Crippen LogP contribution is 2.48. The maximum Gasteiger partial charge on any atom is 0.214 e. The van der Waals surface area contributed by atoms with Crippen LogP contribution in [-0.4, -0.2) is 10.7 Å². The first kappa shape index (κ1) is 16.8. The van der Waals surface area contributed by atoms with E-state index in [1.807, 2.05) is 54.6 Å². The van der Waals surface area contributed by atoms with Crippen LogP contribution in [0.25, 0.3) is 0 Å². The average molecular weight is 440 g/mol. The van der Waals surface area contributed by atoms with Crippen molar-refractivity contribution in [3.8, 4) is 5.75 Å². The molecule has 0 fully saturated rings. The van der Waals surface area contributed by atoms with Crippen molar-refractivity contribution >= 4 is 33.2 Å². The zero-order valence-corrected chi connectivity index (χ0v) is 16.7. The summed E-state index contributed by atoms with van der Waals surface area (Å²) < 4.78 is 7.40. The van der Waals surface area contributed by atoms with Gasteiger partial charge in [0.25, 0.3) is 0 Å². The van der Waals surface area contributed by atoms with Crippen LogP contribution in [0, 0.1) is 0 Å². The normalized spacial score (nSPS) is 20.5. The largest absolute Gasteiger partial charge is 0.464 e. The predicted octanol–water partition coefficient (Wildman–Crippen LogP) is 6.34. The summed E-state index contributed by atoms with van der Waals surface area (Å²) in [7, 11) is 0. The second kappa shape index (κ2) is 6.70. The SMILES string of the molecule is Clc1ccc(C2=NN3[C@H](C2)c2ccccc2O[C@H]3c2ccccc2Br)cc1. The van der Waals surface area contributed by atoms with Crippen molar-refractivity contribution in [1.82, 2.24) is 5.01 Å². The van der Waals surface area contributed by atoms with Gasteiger partial charge in [-0.3, -0.25) is 0 Å². The number of halogens is 2. The first-order chi connectivity index (χ1) is 13.2. The minimum atomic E-state index is -0.273. The minimum absolute atomic E-state index is 0.151. The van der Waals surface area contributed by atoms with Gasteiger partial charge in [-0.25, -0.2) is 5.01 Å². The highest BCUT2D eigenvalue weighted by molar-refractivity contribution is 9.10. The van der Waals surface area contributed by atoms with Crippen molar-refractivity contribution in [3.05, 3.63) is 99.0 Å². The summed E-state index contributed by atoms with van der Waals surface area (Å²) in [5, 5.41) is 7.79. The number of benzene rings is 3. The fourth-order valence-electron chi connectivity index (χ4n) is 3.73. The van der Waals surface area contributed by atoms with Gasteiger partial charge in [0, 0.05) is 27.0 Å². The Labute approximate surface area is 171 Å². The second-order valence-corrected chi connectivity index (χ2v) is 7.97. The molecular weight excluding hydrogens is 424 g/mol. The van der Waals surface area contributed by atoms with Gasteiger partial charge in [0.05, 0.1) is 11.8 Å². The number of fused-ring (bicyclic) bond motifs is 3. The molecule has 5 heteroatoms. The molecule has 0 aliphatic carbocycles. The Morgan fingerprint density at radius 3 is 2.41 bits per heavy atom. The van der Waals surface area contributed by atoms with Gasteiger partial charge in [-0.05, 0) is 29.8 Å². The zero-order valence-electron chi connectivity index (χ0n) is 14.3. The fraction of sp³-hybridized carbons (Fsp3) is 0.136. The molecule has 0 unspecified atom stereocenters. The van der Waals surface area contributed by atoms with E-state index in [1.54, 1.807) is 0 Å². The lowest BCUT2D eigenvalue weighted by Crippen LogP contribution is -2.33. The smallest absolute Gasteiger partial charge is 0.214 e. The van der Waals surface area contributed by atoms with Crippen LogP contribution in [0.3, 0.4) is 0 Å². The van der Waals surface area contributed by atoms with Crippen LogP contribution in [0.4, 0.5) is 0 Å². The lowest BCUT2D eigenvalue weighted by molar-refractivity contribution is -0.0195. The van der Waals surface area contributed by atoms with Crippen molar-refractivity contribution in [2.24, 2.45) is 5.10 Å². The molecule has 2 aliphatic rings. The summed E-state index contributed by atoms with van der Waals surface area (Å²) in [6.45, 7) is 0. The van der Waals surface area contributed by atoms with Gasteiger partial charge in [-0.2, -0.15) is 5.10 Å². The van der Waals surface area contributed by atoms with E-state index in [1.165, 1.54) is 5.56 Å². The number of para-hydroxylation sites is 1. The van der Waals surface area contributed by atoms with Gasteiger partial charge < -0.3 is 4.74 Å². The van der Waals surface area contributed by atoms with Crippen molar-refractivity contribution < 1.29 is 4.74 Å². The molecule has 0 saturated heterocycles. The summed E-state index contributed by atoms with van der Waals surface area (Å²) in [5.41, 5.74) is 4.39. The van der Waals surface area contributed by atoms with E-state index >= 15 is 0 Å². The Morgan fingerprint density at radius 1 is 0.926 bits per heavy atom. The average Bonchev–Trinajstić information content (AvgIpc) is 3.14. The number of hydrazone groups is 1. The summed E-state index contributed by atoms with van der Waals surface area (Å²) >= 11 is 9.72. The van der Waals surface area contributed by atoms with Crippen LogP contribution >= 0.6 is 27.5 Å². The van der Waals surface area contributed by atoms with Gasteiger partial charge in [-0.1, -0.05) is 76.1 Å². The quantitative estimate of drug-likeness (QED) is 0.465. The highest BCUT2D eigenvalue weighted by atomic mass is 79.9. The third-order valence-corrected chi connectivity index (χ3v) is 6.02. The monoisotopic (exact) mass is 438 g/mol. The molecule has 3 nitrogen and oxygen atoms in total. The molecule has 2 heterocycles. The molecule has 27 heavy (non-hydrogen) atoms. The molecule has 134 valence electrons. The summed E-state index contributed by atoms with van der Waals surface area (Å²) in [6, 6.07) is 24.4. The zero-order chi connectivity index (χ0) is 18.4. The van der Waals surface area contributed by atoms with Crippen LogP contribution in [0.1, 0.15) is 35.4 Å². The number of hydrogen-bond acceptors (Lipinski definition) is 3. The molecule has 0 bridgehead atoms. The van der Waals surface area contributed by atoms with Crippen LogP contribution in [0.15, 0.2) is 82.4 Å². The molecule has 3 aromatic carbocycles. The number of rotatable bonds is 2. The molecule has 0 amide bonds. The Balaban J connectivity index is 1.61. The molecule has 2 atom stereocenters. The topological polar surface area (TPSA) is 24.8 Å². The van der Waals surface area contributed by atoms with Gasteiger partial charge in [-0.15, -0.1) is 0 Å². The molecule has 3 aromatic rings. The fourth-order valence-corrected chi connectivity index (χ4v) is 4.34. The van der Waals surface area contributed by atoms with E-state index in [0.29, 0.717) is 0 Å².